The maximum atomic E-state index is 9.14. The molecule has 2 nitrogen and oxygen atoms in total. The molecule has 2 heteroatoms. The van der Waals surface area contributed by atoms with E-state index in [4.69, 9.17) is 10.8 Å². The zero-order chi connectivity index (χ0) is 17.7. The second kappa shape index (κ2) is 6.82. The number of hydrogen-bond acceptors (Lipinski definition) is 2. The Kier molecular flexibility index (Phi) is 4.99. The summed E-state index contributed by atoms with van der Waals surface area (Å²) in [5.74, 6) is 4.79. The Morgan fingerprint density at radius 1 is 0.880 bits per heavy atom. The summed E-state index contributed by atoms with van der Waals surface area (Å²) in [6.07, 6.45) is 16.4. The molecule has 0 aromatic carbocycles. The summed E-state index contributed by atoms with van der Waals surface area (Å²) in [7, 11) is 0. The summed E-state index contributed by atoms with van der Waals surface area (Å²) >= 11 is 0. The van der Waals surface area contributed by atoms with Crippen LogP contribution in [-0.2, 0) is 0 Å². The summed E-state index contributed by atoms with van der Waals surface area (Å²) in [5.41, 5.74) is 7.53. The van der Waals surface area contributed by atoms with Crippen LogP contribution in [0.3, 0.4) is 0 Å². The molecule has 4 aliphatic rings. The van der Waals surface area contributed by atoms with Gasteiger partial charge in [0.15, 0.2) is 0 Å². The number of aliphatic hydroxyl groups is 1. The van der Waals surface area contributed by atoms with Gasteiger partial charge in [0.05, 0.1) is 0 Å². The normalized spacial score (nSPS) is 52.3. The van der Waals surface area contributed by atoms with Gasteiger partial charge in [-0.05, 0) is 111 Å². The van der Waals surface area contributed by atoms with Crippen molar-refractivity contribution >= 4 is 0 Å². The Hall–Kier alpha value is -0.0800. The van der Waals surface area contributed by atoms with Crippen molar-refractivity contribution in [3.05, 3.63) is 0 Å². The van der Waals surface area contributed by atoms with E-state index < -0.39 is 0 Å². The van der Waals surface area contributed by atoms with E-state index in [1.807, 2.05) is 0 Å². The number of hydrogen-bond donors (Lipinski definition) is 2. The van der Waals surface area contributed by atoms with Gasteiger partial charge in [0.2, 0.25) is 0 Å². The lowest BCUT2D eigenvalue weighted by Crippen LogP contribution is -2.54. The van der Waals surface area contributed by atoms with Gasteiger partial charge in [0.1, 0.15) is 0 Å². The van der Waals surface area contributed by atoms with Crippen molar-refractivity contribution in [2.45, 2.75) is 96.9 Å². The van der Waals surface area contributed by atoms with E-state index in [1.54, 1.807) is 0 Å². The third-order valence-electron chi connectivity index (χ3n) is 9.86. The van der Waals surface area contributed by atoms with Crippen LogP contribution in [-0.4, -0.2) is 17.8 Å². The lowest BCUT2D eigenvalue weighted by Gasteiger charge is -2.61. The molecule has 0 spiro atoms. The minimum atomic E-state index is 0.374. The molecular formula is C23H41NO. The highest BCUT2D eigenvalue weighted by Crippen LogP contribution is 2.67. The zero-order valence-electron chi connectivity index (χ0n) is 16.7. The van der Waals surface area contributed by atoms with E-state index in [0.29, 0.717) is 23.5 Å². The molecule has 0 saturated heterocycles. The number of nitrogens with two attached hydrogens (primary N) is 1. The molecule has 8 atom stereocenters. The SMILES string of the molecule is C[C@]12CC[C@@H](N)CC1CCC1C2CC[C@@]2(C)C1CC[C@@H]2CCCCO. The minimum Gasteiger partial charge on any atom is -0.396 e. The number of aliphatic hydroxyl groups excluding tert-OH is 1. The summed E-state index contributed by atoms with van der Waals surface area (Å²) in [4.78, 5) is 0. The Labute approximate surface area is 155 Å². The van der Waals surface area contributed by atoms with Crippen LogP contribution in [0.2, 0.25) is 0 Å². The average molecular weight is 348 g/mol. The molecule has 0 aromatic rings. The summed E-state index contributed by atoms with van der Waals surface area (Å²) in [6, 6.07) is 0.478. The molecule has 0 aliphatic heterocycles. The van der Waals surface area contributed by atoms with Crippen molar-refractivity contribution in [3.63, 3.8) is 0 Å². The summed E-state index contributed by atoms with van der Waals surface area (Å²) in [5, 5.41) is 9.14. The van der Waals surface area contributed by atoms with Gasteiger partial charge >= 0.3 is 0 Å². The maximum absolute atomic E-state index is 9.14. The van der Waals surface area contributed by atoms with Crippen LogP contribution < -0.4 is 5.73 Å². The molecule has 0 radical (unpaired) electrons. The van der Waals surface area contributed by atoms with Crippen molar-refractivity contribution in [2.24, 2.45) is 46.2 Å². The van der Waals surface area contributed by atoms with E-state index in [1.165, 1.54) is 70.6 Å². The number of rotatable bonds is 4. The highest BCUT2D eigenvalue weighted by atomic mass is 16.2. The highest BCUT2D eigenvalue weighted by Gasteiger charge is 2.59. The molecule has 4 fully saturated rings. The van der Waals surface area contributed by atoms with Crippen LogP contribution >= 0.6 is 0 Å². The van der Waals surface area contributed by atoms with E-state index in [0.717, 1.165) is 36.0 Å². The molecule has 144 valence electrons. The molecule has 0 bridgehead atoms. The molecular weight excluding hydrogens is 306 g/mol. The van der Waals surface area contributed by atoms with Crippen LogP contribution in [0.15, 0.2) is 0 Å². The molecule has 0 amide bonds. The van der Waals surface area contributed by atoms with Crippen molar-refractivity contribution in [1.29, 1.82) is 0 Å². The highest BCUT2D eigenvalue weighted by molar-refractivity contribution is 5.09. The predicted molar refractivity (Wildman–Crippen MR) is 104 cm³/mol. The molecule has 4 rings (SSSR count). The fourth-order valence-corrected chi connectivity index (χ4v) is 8.38. The first kappa shape index (κ1) is 18.3. The average Bonchev–Trinajstić information content (AvgIpc) is 2.92. The quantitative estimate of drug-likeness (QED) is 0.692. The molecule has 3 N–H and O–H groups in total. The maximum Gasteiger partial charge on any atom is 0.0431 e. The molecule has 4 saturated carbocycles. The van der Waals surface area contributed by atoms with Gasteiger partial charge in [0, 0.05) is 12.6 Å². The fraction of sp³-hybridized carbons (Fsp3) is 1.00. The van der Waals surface area contributed by atoms with E-state index in [9.17, 15) is 0 Å². The standard InChI is InChI=1S/C23H41NO/c1-22-13-11-21-19(20(22)9-7-16(22)5-3-4-14-25)8-6-17-15-18(24)10-12-23(17,21)2/h16-21,25H,3-15,24H2,1-2H3/t16-,17?,18+,19?,20?,21?,22+,23-/m0/s1. The lowest BCUT2D eigenvalue weighted by atomic mass is 9.44. The van der Waals surface area contributed by atoms with Gasteiger partial charge in [-0.2, -0.15) is 0 Å². The first-order valence-electron chi connectivity index (χ1n) is 11.4. The molecule has 25 heavy (non-hydrogen) atoms. The van der Waals surface area contributed by atoms with E-state index >= 15 is 0 Å². The second-order valence-electron chi connectivity index (χ2n) is 10.7. The Balaban J connectivity index is 1.50. The van der Waals surface area contributed by atoms with Gasteiger partial charge in [-0.3, -0.25) is 0 Å². The fourth-order valence-electron chi connectivity index (χ4n) is 8.38. The molecule has 4 aliphatic carbocycles. The Morgan fingerprint density at radius 2 is 1.64 bits per heavy atom. The van der Waals surface area contributed by atoms with Gasteiger partial charge < -0.3 is 10.8 Å². The predicted octanol–water partition coefficient (Wildman–Crippen LogP) is 5.14. The first-order chi connectivity index (χ1) is 12.0. The van der Waals surface area contributed by atoms with Crippen LogP contribution in [0.25, 0.3) is 0 Å². The van der Waals surface area contributed by atoms with Crippen LogP contribution in [0.4, 0.5) is 0 Å². The minimum absolute atomic E-state index is 0.374. The third-order valence-corrected chi connectivity index (χ3v) is 9.86. The number of unbranched alkanes of at least 4 members (excludes halogenated alkanes) is 1. The first-order valence-corrected chi connectivity index (χ1v) is 11.4. The number of fused-ring (bicyclic) bond motifs is 5. The van der Waals surface area contributed by atoms with Crippen LogP contribution in [0, 0.1) is 40.4 Å². The molecule has 0 heterocycles. The smallest absolute Gasteiger partial charge is 0.0431 e. The third kappa shape index (κ3) is 2.90. The van der Waals surface area contributed by atoms with Gasteiger partial charge in [-0.1, -0.05) is 20.3 Å². The molecule has 4 unspecified atom stereocenters. The summed E-state index contributed by atoms with van der Waals surface area (Å²) < 4.78 is 0. The molecule has 0 aromatic heterocycles. The van der Waals surface area contributed by atoms with E-state index in [-0.39, 0.29) is 0 Å². The van der Waals surface area contributed by atoms with Crippen LogP contribution in [0.5, 0.6) is 0 Å². The van der Waals surface area contributed by atoms with Gasteiger partial charge in [-0.15, -0.1) is 0 Å². The van der Waals surface area contributed by atoms with Gasteiger partial charge in [-0.25, -0.2) is 0 Å². The Bertz CT molecular complexity index is 479. The lowest BCUT2D eigenvalue weighted by molar-refractivity contribution is -0.113. The topological polar surface area (TPSA) is 46.2 Å². The van der Waals surface area contributed by atoms with Gasteiger partial charge in [0.25, 0.3) is 0 Å². The zero-order valence-corrected chi connectivity index (χ0v) is 16.7. The van der Waals surface area contributed by atoms with Crippen molar-refractivity contribution in [3.8, 4) is 0 Å². The summed E-state index contributed by atoms with van der Waals surface area (Å²) in [6.45, 7) is 5.67. The largest absolute Gasteiger partial charge is 0.396 e. The van der Waals surface area contributed by atoms with Crippen molar-refractivity contribution < 1.29 is 5.11 Å². The van der Waals surface area contributed by atoms with Crippen molar-refractivity contribution in [1.82, 2.24) is 0 Å². The van der Waals surface area contributed by atoms with Crippen molar-refractivity contribution in [2.75, 3.05) is 6.61 Å². The Morgan fingerprint density at radius 3 is 2.44 bits per heavy atom. The monoisotopic (exact) mass is 347 g/mol. The second-order valence-corrected chi connectivity index (χ2v) is 10.7. The van der Waals surface area contributed by atoms with E-state index in [2.05, 4.69) is 13.8 Å². The van der Waals surface area contributed by atoms with Crippen LogP contribution in [0.1, 0.15) is 90.9 Å².